The van der Waals surface area contributed by atoms with Crippen molar-refractivity contribution < 1.29 is 85.4 Å². The van der Waals surface area contributed by atoms with Crippen LogP contribution >= 0.6 is 51.8 Å². The number of ether oxygens (including phenoxy) is 5. The number of hydrogen-bond donors (Lipinski definition) is 5. The van der Waals surface area contributed by atoms with Gasteiger partial charge in [0, 0.05) is 27.3 Å². The largest absolute Gasteiger partial charge is 0.469 e. The molecule has 0 bridgehead atoms. The van der Waals surface area contributed by atoms with Gasteiger partial charge in [0.05, 0.1) is 63.9 Å². The van der Waals surface area contributed by atoms with Crippen molar-refractivity contribution in [3.8, 4) is 0 Å². The zero-order valence-corrected chi connectivity index (χ0v) is 39.0. The standard InChI is InChI=1S/C33H55N3O21P2S3/c1-21(29(40)54-12-14-56-58(45,46)47)19-61-24(4)17-27(38)52-10-7-35-31(42)34(6-9-51-26(37)16-23(3)60)32(43)36(33(35)44)8-11-53-28(39)18-25(5)62-20-22(2)30(41)55-13-15-57-59(48,49)50/h21-25,60H,6-20H2,1-5H3,(H2,45,46,47)(H2,48,49,50). The summed E-state index contributed by atoms with van der Waals surface area (Å²) in [6.07, 6.45) is -0.319. The van der Waals surface area contributed by atoms with Crippen molar-refractivity contribution in [3.05, 3.63) is 31.5 Å². The molecule has 0 saturated heterocycles. The van der Waals surface area contributed by atoms with Gasteiger partial charge in [-0.3, -0.25) is 33.0 Å². The Morgan fingerprint density at radius 2 is 0.839 bits per heavy atom. The van der Waals surface area contributed by atoms with Gasteiger partial charge in [0.2, 0.25) is 0 Å². The highest BCUT2D eigenvalue weighted by atomic mass is 32.2. The van der Waals surface area contributed by atoms with Crippen LogP contribution in [0.1, 0.15) is 53.9 Å². The first kappa shape index (κ1) is 57.0. The molecule has 0 spiro atoms. The Morgan fingerprint density at radius 3 is 1.13 bits per heavy atom. The summed E-state index contributed by atoms with van der Waals surface area (Å²) < 4.78 is 57.2. The molecule has 29 heteroatoms. The second kappa shape index (κ2) is 28.7. The fourth-order valence-corrected chi connectivity index (χ4v) is 7.44. The number of phosphoric acid groups is 2. The van der Waals surface area contributed by atoms with Crippen molar-refractivity contribution in [1.29, 1.82) is 0 Å². The van der Waals surface area contributed by atoms with Crippen molar-refractivity contribution >= 4 is 81.6 Å². The Bertz CT molecular complexity index is 1800. The second-order valence-corrected chi connectivity index (χ2v) is 19.8. The first-order valence-corrected chi connectivity index (χ1v) is 24.5. The number of hydrogen-bond acceptors (Lipinski definition) is 20. The van der Waals surface area contributed by atoms with Crippen LogP contribution in [0.4, 0.5) is 0 Å². The van der Waals surface area contributed by atoms with E-state index in [2.05, 4.69) is 21.7 Å². The molecule has 0 aliphatic rings. The van der Waals surface area contributed by atoms with Crippen molar-refractivity contribution in [3.63, 3.8) is 0 Å². The van der Waals surface area contributed by atoms with Crippen LogP contribution in [0.2, 0.25) is 0 Å². The first-order chi connectivity index (χ1) is 28.8. The van der Waals surface area contributed by atoms with E-state index in [1.165, 1.54) is 23.5 Å². The lowest BCUT2D eigenvalue weighted by molar-refractivity contribution is -0.148. The fraction of sp³-hybridized carbons (Fsp3) is 0.758. The van der Waals surface area contributed by atoms with E-state index in [4.69, 9.17) is 43.3 Å². The van der Waals surface area contributed by atoms with E-state index in [1.54, 1.807) is 34.6 Å². The van der Waals surface area contributed by atoms with Crippen LogP contribution in [-0.2, 0) is 85.5 Å². The van der Waals surface area contributed by atoms with Crippen LogP contribution in [0.5, 0.6) is 0 Å². The van der Waals surface area contributed by atoms with Crippen molar-refractivity contribution in [2.24, 2.45) is 11.8 Å². The minimum Gasteiger partial charge on any atom is -0.464 e. The molecular formula is C33H55N3O21P2S3. The van der Waals surface area contributed by atoms with Gasteiger partial charge in [-0.1, -0.05) is 34.6 Å². The average molecular weight is 988 g/mol. The molecule has 5 unspecified atom stereocenters. The third kappa shape index (κ3) is 24.8. The van der Waals surface area contributed by atoms with E-state index in [9.17, 15) is 47.5 Å². The van der Waals surface area contributed by atoms with Gasteiger partial charge >= 0.3 is 62.6 Å². The quantitative estimate of drug-likeness (QED) is 0.0217. The third-order valence-corrected chi connectivity index (χ3v) is 11.8. The lowest BCUT2D eigenvalue weighted by Crippen LogP contribution is -2.55. The summed E-state index contributed by atoms with van der Waals surface area (Å²) in [5, 5.41) is -1.05. The number of thioether (sulfide) groups is 2. The van der Waals surface area contributed by atoms with Crippen LogP contribution in [0.15, 0.2) is 14.4 Å². The SMILES string of the molecule is CC(S)CC(=O)OCCn1c(=O)n(CCOC(=O)CC(C)SCC(C)C(=O)OCCOP(=O)(O)O)c(=O)n(CCOC(=O)CC(C)SCC(C)C(=O)OCCOP(=O)(O)O)c1=O. The molecule has 1 heterocycles. The van der Waals surface area contributed by atoms with Crippen LogP contribution < -0.4 is 17.1 Å². The molecule has 4 N–H and O–H groups in total. The number of thiol groups is 1. The maximum atomic E-state index is 13.4. The zero-order chi connectivity index (χ0) is 47.2. The lowest BCUT2D eigenvalue weighted by atomic mass is 10.2. The second-order valence-electron chi connectivity index (χ2n) is 13.5. The summed E-state index contributed by atoms with van der Waals surface area (Å²) in [6, 6.07) is 0. The van der Waals surface area contributed by atoms with E-state index in [0.717, 1.165) is 0 Å². The number of carbonyl (C=O) groups excluding carboxylic acids is 5. The normalized spacial score (nSPS) is 14.2. The minimum absolute atomic E-state index is 0.0522. The van der Waals surface area contributed by atoms with E-state index >= 15 is 0 Å². The Hall–Kier alpha value is -2.97. The molecule has 24 nitrogen and oxygen atoms in total. The highest BCUT2D eigenvalue weighted by Gasteiger charge is 2.23. The molecule has 62 heavy (non-hydrogen) atoms. The molecule has 0 saturated carbocycles. The predicted molar refractivity (Wildman–Crippen MR) is 224 cm³/mol. The summed E-state index contributed by atoms with van der Waals surface area (Å²) >= 11 is 6.60. The minimum atomic E-state index is -4.70. The van der Waals surface area contributed by atoms with Crippen LogP contribution in [-0.4, -0.2) is 137 Å². The predicted octanol–water partition coefficient (Wildman–Crippen LogP) is 0.111. The maximum absolute atomic E-state index is 13.4. The number of esters is 5. The molecule has 0 radical (unpaired) electrons. The molecule has 0 amide bonds. The van der Waals surface area contributed by atoms with Gasteiger partial charge in [0.1, 0.15) is 33.0 Å². The number of nitrogens with zero attached hydrogens (tertiary/aromatic N) is 3. The summed E-state index contributed by atoms with van der Waals surface area (Å²) in [5.74, 6) is -4.18. The monoisotopic (exact) mass is 987 g/mol. The third-order valence-electron chi connectivity index (χ3n) is 7.73. The molecule has 5 atom stereocenters. The number of rotatable bonds is 31. The topological polar surface area (TPSA) is 331 Å². The Morgan fingerprint density at radius 1 is 0.532 bits per heavy atom. The van der Waals surface area contributed by atoms with Crippen LogP contribution in [0.25, 0.3) is 0 Å². The highest BCUT2D eigenvalue weighted by Crippen LogP contribution is 2.35. The Labute approximate surface area is 369 Å². The zero-order valence-electron chi connectivity index (χ0n) is 34.7. The van der Waals surface area contributed by atoms with Gasteiger partial charge in [-0.05, 0) is 0 Å². The molecule has 356 valence electrons. The van der Waals surface area contributed by atoms with Gasteiger partial charge in [-0.25, -0.2) is 37.2 Å². The highest BCUT2D eigenvalue weighted by molar-refractivity contribution is 8.00. The molecule has 1 aromatic heterocycles. The molecule has 0 fully saturated rings. The summed E-state index contributed by atoms with van der Waals surface area (Å²) in [7, 11) is -9.40. The van der Waals surface area contributed by atoms with E-state index < -0.39 is 127 Å². The maximum Gasteiger partial charge on any atom is 0.469 e. The van der Waals surface area contributed by atoms with Gasteiger partial charge in [0.25, 0.3) is 0 Å². The summed E-state index contributed by atoms with van der Waals surface area (Å²) in [4.78, 5) is 136. The average Bonchev–Trinajstić information content (AvgIpc) is 3.15. The van der Waals surface area contributed by atoms with Crippen molar-refractivity contribution in [2.75, 3.05) is 57.8 Å². The molecule has 0 aromatic carbocycles. The fourth-order valence-electron chi connectivity index (χ4n) is 4.65. The molecule has 0 aliphatic heterocycles. The van der Waals surface area contributed by atoms with Gasteiger partial charge in [-0.15, -0.1) is 0 Å². The molecule has 1 rings (SSSR count). The van der Waals surface area contributed by atoms with Gasteiger partial charge in [-0.2, -0.15) is 36.2 Å². The summed E-state index contributed by atoms with van der Waals surface area (Å²) in [6.45, 7) is 3.63. The van der Waals surface area contributed by atoms with E-state index in [0.29, 0.717) is 13.7 Å². The van der Waals surface area contributed by atoms with Crippen molar-refractivity contribution in [1.82, 2.24) is 13.7 Å². The molecule has 0 aliphatic carbocycles. The van der Waals surface area contributed by atoms with E-state index in [-0.39, 0.29) is 59.7 Å². The number of aromatic nitrogens is 3. The number of phosphoric ester groups is 2. The van der Waals surface area contributed by atoms with Crippen LogP contribution in [0.3, 0.4) is 0 Å². The van der Waals surface area contributed by atoms with Gasteiger partial charge in [0.15, 0.2) is 0 Å². The smallest absolute Gasteiger partial charge is 0.464 e. The Kier molecular flexibility index (Phi) is 26.4. The lowest BCUT2D eigenvalue weighted by Gasteiger charge is -2.16. The molecular weight excluding hydrogens is 933 g/mol. The number of carbonyl (C=O) groups is 5. The van der Waals surface area contributed by atoms with Crippen LogP contribution in [0, 0.1) is 11.8 Å². The Balaban J connectivity index is 2.86. The van der Waals surface area contributed by atoms with E-state index in [1.807, 2.05) is 0 Å². The van der Waals surface area contributed by atoms with Crippen molar-refractivity contribution in [2.45, 2.75) is 89.3 Å². The first-order valence-electron chi connectivity index (χ1n) is 18.9. The summed E-state index contributed by atoms with van der Waals surface area (Å²) in [5.41, 5.74) is -3.26. The van der Waals surface area contributed by atoms with Gasteiger partial charge < -0.3 is 43.3 Å². The molecule has 1 aromatic rings.